The number of aryl methyl sites for hydroxylation is 2. The number of amides is 1. The van der Waals surface area contributed by atoms with Crippen LogP contribution in [0.3, 0.4) is 0 Å². The van der Waals surface area contributed by atoms with Gasteiger partial charge in [0.25, 0.3) is 11.5 Å². The minimum Gasteiger partial charge on any atom is -0.306 e. The van der Waals surface area contributed by atoms with Crippen LogP contribution in [0.25, 0.3) is 5.95 Å². The average molecular weight is 437 g/mol. The number of aromatic nitrogens is 4. The molecule has 0 aliphatic carbocycles. The molecule has 0 saturated carbocycles. The molecule has 2 N–H and O–H groups in total. The lowest BCUT2D eigenvalue weighted by Gasteiger charge is -2.11. The van der Waals surface area contributed by atoms with E-state index in [1.165, 1.54) is 24.3 Å². The second-order valence-electron chi connectivity index (χ2n) is 6.25. The van der Waals surface area contributed by atoms with Crippen molar-refractivity contribution in [2.75, 3.05) is 5.32 Å². The zero-order valence-electron chi connectivity index (χ0n) is 15.9. The lowest BCUT2D eigenvalue weighted by atomic mass is 10.2. The highest BCUT2D eigenvalue weighted by molar-refractivity contribution is 7.91. The van der Waals surface area contributed by atoms with Crippen molar-refractivity contribution in [3.05, 3.63) is 63.7 Å². The predicted molar refractivity (Wildman–Crippen MR) is 104 cm³/mol. The monoisotopic (exact) mass is 437 g/mol. The quantitative estimate of drug-likeness (QED) is 0.608. The molecule has 0 saturated heterocycles. The Morgan fingerprint density at radius 2 is 1.97 bits per heavy atom. The Kier molecular flexibility index (Phi) is 5.78. The summed E-state index contributed by atoms with van der Waals surface area (Å²) >= 11 is 0. The molecule has 30 heavy (non-hydrogen) atoms. The van der Waals surface area contributed by atoms with E-state index in [4.69, 9.17) is 0 Å². The molecule has 0 bridgehead atoms. The van der Waals surface area contributed by atoms with Crippen molar-refractivity contribution in [1.82, 2.24) is 19.7 Å². The van der Waals surface area contributed by atoms with Crippen molar-refractivity contribution >= 4 is 21.6 Å². The molecule has 0 aliphatic heterocycles. The summed E-state index contributed by atoms with van der Waals surface area (Å²) < 4.78 is 51.0. The minimum atomic E-state index is -4.99. The van der Waals surface area contributed by atoms with Crippen LogP contribution >= 0.6 is 0 Å². The fourth-order valence-electron chi connectivity index (χ4n) is 2.71. The van der Waals surface area contributed by atoms with Crippen LogP contribution in [0, 0.1) is 6.92 Å². The van der Waals surface area contributed by atoms with Gasteiger partial charge in [0.2, 0.25) is 15.8 Å². The fraction of sp³-hybridized carbons (Fsp3) is 0.222. The van der Waals surface area contributed by atoms with E-state index in [9.17, 15) is 26.8 Å². The molecule has 3 rings (SSSR count). The highest BCUT2D eigenvalue weighted by Crippen LogP contribution is 2.24. The molecule has 0 aliphatic rings. The number of hydrogen-bond acceptors (Lipinski definition) is 6. The van der Waals surface area contributed by atoms with Gasteiger partial charge >= 0.3 is 5.76 Å². The van der Waals surface area contributed by atoms with E-state index in [0.29, 0.717) is 17.8 Å². The van der Waals surface area contributed by atoms with Crippen LogP contribution < -0.4 is 10.9 Å². The number of alkyl halides is 2. The normalized spacial score (nSPS) is 11.6. The summed E-state index contributed by atoms with van der Waals surface area (Å²) in [5, 5.41) is 6.62. The van der Waals surface area contributed by atoms with Crippen LogP contribution in [0.4, 0.5) is 14.6 Å². The maximum atomic E-state index is 13.0. The Labute approximate surface area is 169 Å². The summed E-state index contributed by atoms with van der Waals surface area (Å²) in [6, 6.07) is 7.43. The van der Waals surface area contributed by atoms with Gasteiger partial charge in [-0.15, -0.1) is 0 Å². The third kappa shape index (κ3) is 4.13. The fourth-order valence-corrected chi connectivity index (χ4v) is 3.63. The Hall–Kier alpha value is -3.41. The number of H-pyrrole nitrogens is 1. The number of carbonyl (C=O) groups excluding carboxylic acids is 1. The third-order valence-corrected chi connectivity index (χ3v) is 5.53. The second kappa shape index (κ2) is 8.14. The Bertz CT molecular complexity index is 1270. The lowest BCUT2D eigenvalue weighted by Crippen LogP contribution is -2.22. The molecule has 12 heteroatoms. The molecule has 2 heterocycles. The second-order valence-corrected chi connectivity index (χ2v) is 8.14. The van der Waals surface area contributed by atoms with Gasteiger partial charge in [-0.3, -0.25) is 14.6 Å². The number of aromatic amines is 1. The highest BCUT2D eigenvalue weighted by Gasteiger charge is 2.31. The van der Waals surface area contributed by atoms with Crippen LogP contribution in [0.5, 0.6) is 0 Å². The standard InChI is InChI=1S/C18H17F2N5O4S/c1-3-11-9-15(26)23-18(21-11)25-14(8-10(2)24-25)22-16(27)12-6-4-5-7-13(12)30(28,29)17(19)20/h4-9,17H,3H2,1-2H3,(H,22,27)(H,21,23,26). The zero-order valence-corrected chi connectivity index (χ0v) is 16.7. The minimum absolute atomic E-state index is 0.0382. The molecule has 0 atom stereocenters. The number of carbonyl (C=O) groups is 1. The van der Waals surface area contributed by atoms with Gasteiger partial charge < -0.3 is 5.32 Å². The van der Waals surface area contributed by atoms with Crippen molar-refractivity contribution in [3.63, 3.8) is 0 Å². The molecule has 0 unspecified atom stereocenters. The molecule has 3 aromatic rings. The first-order valence-electron chi connectivity index (χ1n) is 8.73. The first kappa shape index (κ1) is 21.3. The number of hydrogen-bond donors (Lipinski definition) is 2. The summed E-state index contributed by atoms with van der Waals surface area (Å²) in [4.78, 5) is 30.6. The first-order valence-corrected chi connectivity index (χ1v) is 10.3. The SMILES string of the molecule is CCc1cc(=O)[nH]c(-n2nc(C)cc2NC(=O)c2ccccc2S(=O)(=O)C(F)F)n1. The molecule has 1 aromatic carbocycles. The van der Waals surface area contributed by atoms with E-state index in [1.54, 1.807) is 6.92 Å². The number of benzene rings is 1. The molecule has 0 fully saturated rings. The van der Waals surface area contributed by atoms with Crippen LogP contribution in [-0.2, 0) is 16.3 Å². The summed E-state index contributed by atoms with van der Waals surface area (Å²) in [7, 11) is -4.99. The first-order chi connectivity index (χ1) is 14.1. The van der Waals surface area contributed by atoms with Gasteiger partial charge in [0.1, 0.15) is 5.82 Å². The topological polar surface area (TPSA) is 127 Å². The molecule has 158 valence electrons. The Balaban J connectivity index is 2.03. The van der Waals surface area contributed by atoms with Crippen molar-refractivity contribution < 1.29 is 22.0 Å². The van der Waals surface area contributed by atoms with E-state index in [-0.39, 0.29) is 11.8 Å². The summed E-state index contributed by atoms with van der Waals surface area (Å²) in [6.45, 7) is 3.44. The summed E-state index contributed by atoms with van der Waals surface area (Å²) in [5.41, 5.74) is 0.0820. The predicted octanol–water partition coefficient (Wildman–Crippen LogP) is 2.08. The van der Waals surface area contributed by atoms with Crippen molar-refractivity contribution in [3.8, 4) is 5.95 Å². The van der Waals surface area contributed by atoms with E-state index in [2.05, 4.69) is 20.4 Å². The number of halogens is 2. The highest BCUT2D eigenvalue weighted by atomic mass is 32.2. The molecule has 2 aromatic heterocycles. The van der Waals surface area contributed by atoms with Gasteiger partial charge in [-0.1, -0.05) is 19.1 Å². The Morgan fingerprint density at radius 1 is 1.27 bits per heavy atom. The van der Waals surface area contributed by atoms with Gasteiger partial charge in [-0.05, 0) is 25.5 Å². The van der Waals surface area contributed by atoms with Crippen LogP contribution in [-0.4, -0.2) is 39.8 Å². The Morgan fingerprint density at radius 3 is 2.63 bits per heavy atom. The maximum absolute atomic E-state index is 13.0. The van der Waals surface area contributed by atoms with Crippen molar-refractivity contribution in [2.45, 2.75) is 30.9 Å². The van der Waals surface area contributed by atoms with E-state index < -0.39 is 37.5 Å². The maximum Gasteiger partial charge on any atom is 0.341 e. The van der Waals surface area contributed by atoms with Crippen molar-refractivity contribution in [1.29, 1.82) is 0 Å². The summed E-state index contributed by atoms with van der Waals surface area (Å²) in [5.74, 6) is -4.51. The number of anilines is 1. The van der Waals surface area contributed by atoms with Gasteiger partial charge in [0, 0.05) is 17.8 Å². The van der Waals surface area contributed by atoms with Gasteiger partial charge in [-0.2, -0.15) is 18.6 Å². The van der Waals surface area contributed by atoms with Crippen LogP contribution in [0.1, 0.15) is 28.7 Å². The average Bonchev–Trinajstić information content (AvgIpc) is 3.07. The van der Waals surface area contributed by atoms with E-state index >= 15 is 0 Å². The molecule has 1 amide bonds. The number of nitrogens with zero attached hydrogens (tertiary/aromatic N) is 3. The molecular formula is C18H17F2N5O4S. The largest absolute Gasteiger partial charge is 0.341 e. The van der Waals surface area contributed by atoms with Crippen LogP contribution in [0.2, 0.25) is 0 Å². The third-order valence-electron chi connectivity index (χ3n) is 4.09. The van der Waals surface area contributed by atoms with E-state index in [1.807, 2.05) is 6.92 Å². The molecular weight excluding hydrogens is 420 g/mol. The summed E-state index contributed by atoms with van der Waals surface area (Å²) in [6.07, 6.45) is 0.484. The zero-order chi connectivity index (χ0) is 22.1. The molecule has 0 spiro atoms. The number of nitrogens with one attached hydrogen (secondary N) is 2. The van der Waals surface area contributed by atoms with E-state index in [0.717, 1.165) is 16.8 Å². The molecule has 9 nitrogen and oxygen atoms in total. The number of sulfone groups is 1. The van der Waals surface area contributed by atoms with Gasteiger partial charge in [-0.25, -0.2) is 13.4 Å². The van der Waals surface area contributed by atoms with Gasteiger partial charge in [0.15, 0.2) is 0 Å². The van der Waals surface area contributed by atoms with Crippen molar-refractivity contribution in [2.24, 2.45) is 0 Å². The molecule has 0 radical (unpaired) electrons. The number of rotatable bonds is 6. The van der Waals surface area contributed by atoms with Crippen LogP contribution in [0.15, 0.2) is 46.1 Å². The smallest absolute Gasteiger partial charge is 0.306 e. The lowest BCUT2D eigenvalue weighted by molar-refractivity contribution is 0.102. The van der Waals surface area contributed by atoms with Gasteiger partial charge in [0.05, 0.1) is 16.2 Å².